The molecule has 1 fully saturated rings. The average Bonchev–Trinajstić information content (AvgIpc) is 2.77. The second-order valence-electron chi connectivity index (χ2n) is 7.99. The molecule has 158 valence electrons. The van der Waals surface area contributed by atoms with E-state index in [1.54, 1.807) is 6.92 Å². The summed E-state index contributed by atoms with van der Waals surface area (Å²) in [5.74, 6) is 1.27. The number of nitrogens with zero attached hydrogens (tertiary/aromatic N) is 2. The quantitative estimate of drug-likeness (QED) is 0.709. The number of carbonyl (C=O) groups is 1. The van der Waals surface area contributed by atoms with E-state index in [2.05, 4.69) is 47.5 Å². The van der Waals surface area contributed by atoms with Crippen LogP contribution in [0.3, 0.4) is 0 Å². The van der Waals surface area contributed by atoms with Crippen molar-refractivity contribution in [2.75, 3.05) is 24.6 Å². The number of hydrogen-bond acceptors (Lipinski definition) is 4. The van der Waals surface area contributed by atoms with Gasteiger partial charge in [-0.1, -0.05) is 31.2 Å². The van der Waals surface area contributed by atoms with Crippen LogP contribution in [0.15, 0.2) is 42.5 Å². The maximum absolute atomic E-state index is 11.3. The maximum Gasteiger partial charge on any atom is 0.217 e. The molecule has 2 aromatic rings. The van der Waals surface area contributed by atoms with Crippen molar-refractivity contribution in [2.24, 2.45) is 0 Å². The van der Waals surface area contributed by atoms with Gasteiger partial charge in [0.15, 0.2) is 0 Å². The van der Waals surface area contributed by atoms with E-state index in [1.165, 1.54) is 5.56 Å². The number of nitrogens with one attached hydrogen (secondary N) is 1. The number of amides is 1. The van der Waals surface area contributed by atoms with Gasteiger partial charge < -0.3 is 15.0 Å². The normalized spacial score (nSPS) is 15.3. The molecule has 2 aromatic carbocycles. The summed E-state index contributed by atoms with van der Waals surface area (Å²) in [6.45, 7) is 8.14. The summed E-state index contributed by atoms with van der Waals surface area (Å²) >= 11 is 0. The number of piperidine rings is 1. The van der Waals surface area contributed by atoms with Crippen molar-refractivity contribution in [2.45, 2.75) is 52.0 Å². The van der Waals surface area contributed by atoms with Gasteiger partial charge in [-0.05, 0) is 61.4 Å². The standard InChI is InChI=1S/C25H31N3O2/c1-4-15-30-24-9-10-25(23(16-24)17-26)28-13-11-22(12-14-28)21-7-5-20(6-8-21)18(2)27-19(3)29/h5-10,16,18,22H,4,11-15H2,1-3H3,(H,27,29)/t18-/m0/s1. The number of ether oxygens (including phenoxy) is 1. The molecule has 1 aliphatic heterocycles. The van der Waals surface area contributed by atoms with Gasteiger partial charge in [-0.25, -0.2) is 0 Å². The average molecular weight is 406 g/mol. The topological polar surface area (TPSA) is 65.4 Å². The fourth-order valence-electron chi connectivity index (χ4n) is 4.09. The molecule has 5 heteroatoms. The van der Waals surface area contributed by atoms with Crippen molar-refractivity contribution < 1.29 is 9.53 Å². The van der Waals surface area contributed by atoms with Gasteiger partial charge in [-0.3, -0.25) is 4.79 Å². The first-order valence-electron chi connectivity index (χ1n) is 10.8. The van der Waals surface area contributed by atoms with Crippen molar-refractivity contribution in [1.29, 1.82) is 5.26 Å². The third kappa shape index (κ3) is 5.33. The van der Waals surface area contributed by atoms with Crippen LogP contribution in [0, 0.1) is 11.3 Å². The van der Waals surface area contributed by atoms with Gasteiger partial charge in [0.2, 0.25) is 5.91 Å². The highest BCUT2D eigenvalue weighted by atomic mass is 16.5. The molecule has 0 bridgehead atoms. The molecule has 30 heavy (non-hydrogen) atoms. The molecule has 0 saturated carbocycles. The summed E-state index contributed by atoms with van der Waals surface area (Å²) < 4.78 is 5.67. The van der Waals surface area contributed by atoms with Crippen molar-refractivity contribution in [3.05, 3.63) is 59.2 Å². The van der Waals surface area contributed by atoms with Crippen molar-refractivity contribution >= 4 is 11.6 Å². The van der Waals surface area contributed by atoms with Crippen LogP contribution in [-0.4, -0.2) is 25.6 Å². The Hall–Kier alpha value is -3.00. The third-order valence-electron chi connectivity index (χ3n) is 5.72. The van der Waals surface area contributed by atoms with Crippen molar-refractivity contribution in [3.63, 3.8) is 0 Å². The zero-order valence-electron chi connectivity index (χ0n) is 18.1. The van der Waals surface area contributed by atoms with Gasteiger partial charge in [0, 0.05) is 20.0 Å². The molecule has 1 aliphatic rings. The van der Waals surface area contributed by atoms with Crippen LogP contribution < -0.4 is 15.0 Å². The highest BCUT2D eigenvalue weighted by Crippen LogP contribution is 2.33. The smallest absolute Gasteiger partial charge is 0.217 e. The molecule has 1 atom stereocenters. The lowest BCUT2D eigenvalue weighted by Crippen LogP contribution is -2.33. The molecular weight excluding hydrogens is 374 g/mol. The summed E-state index contributed by atoms with van der Waals surface area (Å²) in [6.07, 6.45) is 3.06. The summed E-state index contributed by atoms with van der Waals surface area (Å²) in [5.41, 5.74) is 4.14. The Kier molecular flexibility index (Phi) is 7.35. The maximum atomic E-state index is 11.3. The lowest BCUT2D eigenvalue weighted by atomic mass is 9.88. The summed E-state index contributed by atoms with van der Waals surface area (Å²) in [5, 5.41) is 12.5. The van der Waals surface area contributed by atoms with E-state index in [0.29, 0.717) is 18.1 Å². The van der Waals surface area contributed by atoms with E-state index in [1.807, 2.05) is 25.1 Å². The minimum atomic E-state index is -0.0133. The zero-order valence-corrected chi connectivity index (χ0v) is 18.1. The molecule has 1 amide bonds. The second kappa shape index (κ2) is 10.2. The molecule has 0 unspecified atom stereocenters. The minimum absolute atomic E-state index is 0.0133. The van der Waals surface area contributed by atoms with Crippen LogP contribution in [0.25, 0.3) is 0 Å². The van der Waals surface area contributed by atoms with Gasteiger partial charge in [0.25, 0.3) is 0 Å². The Morgan fingerprint density at radius 3 is 2.53 bits per heavy atom. The summed E-state index contributed by atoms with van der Waals surface area (Å²) in [7, 11) is 0. The number of anilines is 1. The number of carbonyl (C=O) groups excluding carboxylic acids is 1. The van der Waals surface area contributed by atoms with Crippen LogP contribution in [-0.2, 0) is 4.79 Å². The van der Waals surface area contributed by atoms with E-state index in [9.17, 15) is 10.1 Å². The van der Waals surface area contributed by atoms with Crippen LogP contribution >= 0.6 is 0 Å². The molecule has 1 saturated heterocycles. The molecular formula is C25H31N3O2. The van der Waals surface area contributed by atoms with Crippen LogP contribution in [0.4, 0.5) is 5.69 Å². The molecule has 0 radical (unpaired) electrons. The predicted molar refractivity (Wildman–Crippen MR) is 120 cm³/mol. The van der Waals surface area contributed by atoms with Gasteiger partial charge in [-0.15, -0.1) is 0 Å². The highest BCUT2D eigenvalue weighted by Gasteiger charge is 2.23. The molecule has 0 aliphatic carbocycles. The Morgan fingerprint density at radius 1 is 1.23 bits per heavy atom. The van der Waals surface area contributed by atoms with Gasteiger partial charge in [-0.2, -0.15) is 5.26 Å². The molecule has 3 rings (SSSR count). The number of rotatable bonds is 7. The van der Waals surface area contributed by atoms with E-state index in [-0.39, 0.29) is 11.9 Å². The first-order chi connectivity index (χ1) is 14.5. The monoisotopic (exact) mass is 405 g/mol. The Bertz CT molecular complexity index is 894. The Morgan fingerprint density at radius 2 is 1.93 bits per heavy atom. The number of benzene rings is 2. The first-order valence-corrected chi connectivity index (χ1v) is 10.8. The van der Waals surface area contributed by atoms with Crippen molar-refractivity contribution in [1.82, 2.24) is 5.32 Å². The Labute approximate surface area is 179 Å². The lowest BCUT2D eigenvalue weighted by Gasteiger charge is -2.34. The summed E-state index contributed by atoms with van der Waals surface area (Å²) in [6, 6.07) is 16.8. The molecule has 0 aromatic heterocycles. The molecule has 1 heterocycles. The van der Waals surface area contributed by atoms with Gasteiger partial charge >= 0.3 is 0 Å². The molecule has 1 N–H and O–H groups in total. The first kappa shape index (κ1) is 21.7. The van der Waals surface area contributed by atoms with E-state index < -0.39 is 0 Å². The lowest BCUT2D eigenvalue weighted by molar-refractivity contribution is -0.119. The molecule has 5 nitrogen and oxygen atoms in total. The van der Waals surface area contributed by atoms with Crippen molar-refractivity contribution in [3.8, 4) is 11.8 Å². The molecule has 0 spiro atoms. The predicted octanol–water partition coefficient (Wildman–Crippen LogP) is 4.93. The largest absolute Gasteiger partial charge is 0.494 e. The third-order valence-corrected chi connectivity index (χ3v) is 5.72. The minimum Gasteiger partial charge on any atom is -0.494 e. The van der Waals surface area contributed by atoms with Crippen LogP contribution in [0.2, 0.25) is 0 Å². The van der Waals surface area contributed by atoms with E-state index in [4.69, 9.17) is 4.74 Å². The zero-order chi connectivity index (χ0) is 21.5. The fraction of sp³-hybridized carbons (Fsp3) is 0.440. The van der Waals surface area contributed by atoms with Gasteiger partial charge in [0.1, 0.15) is 11.8 Å². The van der Waals surface area contributed by atoms with Crippen LogP contribution in [0.5, 0.6) is 5.75 Å². The Balaban J connectivity index is 1.62. The summed E-state index contributed by atoms with van der Waals surface area (Å²) in [4.78, 5) is 13.6. The van der Waals surface area contributed by atoms with Gasteiger partial charge in [0.05, 0.1) is 23.9 Å². The number of nitriles is 1. The van der Waals surface area contributed by atoms with Crippen LogP contribution in [0.1, 0.15) is 68.7 Å². The number of hydrogen-bond donors (Lipinski definition) is 1. The van der Waals surface area contributed by atoms with E-state index >= 15 is 0 Å². The van der Waals surface area contributed by atoms with E-state index in [0.717, 1.165) is 49.4 Å². The highest BCUT2D eigenvalue weighted by molar-refractivity contribution is 5.73. The second-order valence-corrected chi connectivity index (χ2v) is 7.99. The SMILES string of the molecule is CCCOc1ccc(N2CCC(c3ccc([C@H](C)NC(C)=O)cc3)CC2)c(C#N)c1. The fourth-order valence-corrected chi connectivity index (χ4v) is 4.09.